The summed E-state index contributed by atoms with van der Waals surface area (Å²) in [5, 5.41) is 2.81. The van der Waals surface area contributed by atoms with E-state index >= 15 is 0 Å². The van der Waals surface area contributed by atoms with Crippen LogP contribution in [0.5, 0.6) is 0 Å². The van der Waals surface area contributed by atoms with Gasteiger partial charge in [0.05, 0.1) is 12.4 Å². The summed E-state index contributed by atoms with van der Waals surface area (Å²) in [5.74, 6) is 0.681. The van der Waals surface area contributed by atoms with Crippen molar-refractivity contribution in [3.63, 3.8) is 0 Å². The number of amides is 1. The highest BCUT2D eigenvalue weighted by Crippen LogP contribution is 2.14. The van der Waals surface area contributed by atoms with Crippen LogP contribution in [0, 0.1) is 0 Å². The Hall–Kier alpha value is -2.47. The molecule has 2 heterocycles. The molecule has 0 radical (unpaired) electrons. The van der Waals surface area contributed by atoms with Gasteiger partial charge in [0.15, 0.2) is 0 Å². The van der Waals surface area contributed by atoms with Gasteiger partial charge in [0, 0.05) is 39.3 Å². The van der Waals surface area contributed by atoms with Crippen LogP contribution in [0.1, 0.15) is 29.4 Å². The first-order valence-electron chi connectivity index (χ1n) is 8.87. The number of aromatic nitrogens is 2. The van der Waals surface area contributed by atoms with Gasteiger partial charge in [0.1, 0.15) is 11.5 Å². The Morgan fingerprint density at radius 1 is 1.08 bits per heavy atom. The van der Waals surface area contributed by atoms with Gasteiger partial charge in [0.25, 0.3) is 5.91 Å². The van der Waals surface area contributed by atoms with E-state index in [1.54, 1.807) is 12.4 Å². The molecule has 1 aromatic carbocycles. The molecule has 1 aliphatic heterocycles. The molecule has 1 fully saturated rings. The second kappa shape index (κ2) is 8.58. The first-order valence-corrected chi connectivity index (χ1v) is 8.87. The quantitative estimate of drug-likeness (QED) is 0.871. The molecule has 3 rings (SSSR count). The van der Waals surface area contributed by atoms with E-state index in [0.717, 1.165) is 45.0 Å². The Morgan fingerprint density at radius 3 is 2.48 bits per heavy atom. The van der Waals surface area contributed by atoms with Gasteiger partial charge in [-0.05, 0) is 12.0 Å². The molecule has 6 nitrogen and oxygen atoms in total. The lowest BCUT2D eigenvalue weighted by Crippen LogP contribution is -2.46. The van der Waals surface area contributed by atoms with Gasteiger partial charge in [-0.3, -0.25) is 9.69 Å². The Labute approximate surface area is 148 Å². The average Bonchev–Trinajstić information content (AvgIpc) is 2.68. The fourth-order valence-electron chi connectivity index (χ4n) is 2.91. The second-order valence-electron chi connectivity index (χ2n) is 6.26. The molecule has 0 spiro atoms. The van der Waals surface area contributed by atoms with Gasteiger partial charge in [-0.1, -0.05) is 37.3 Å². The van der Waals surface area contributed by atoms with Gasteiger partial charge in [0.2, 0.25) is 0 Å². The summed E-state index contributed by atoms with van der Waals surface area (Å²) < 4.78 is 0. The first-order chi connectivity index (χ1) is 12.3. The molecule has 1 amide bonds. The van der Waals surface area contributed by atoms with Crippen molar-refractivity contribution in [2.45, 2.75) is 19.9 Å². The van der Waals surface area contributed by atoms with Crippen molar-refractivity contribution >= 4 is 11.7 Å². The zero-order chi connectivity index (χ0) is 17.5. The minimum absolute atomic E-state index is 0.159. The highest BCUT2D eigenvalue weighted by Gasteiger charge is 2.18. The average molecular weight is 339 g/mol. The van der Waals surface area contributed by atoms with Crippen molar-refractivity contribution < 1.29 is 4.79 Å². The number of nitrogens with one attached hydrogen (secondary N) is 1. The SMILES string of the molecule is CCCNC(=O)c1cnc(N2CCN(Cc3ccccc3)CC2)cn1. The Morgan fingerprint density at radius 2 is 1.84 bits per heavy atom. The smallest absolute Gasteiger partial charge is 0.271 e. The lowest BCUT2D eigenvalue weighted by atomic mass is 10.2. The van der Waals surface area contributed by atoms with Gasteiger partial charge in [-0.15, -0.1) is 0 Å². The van der Waals surface area contributed by atoms with E-state index in [0.29, 0.717) is 12.2 Å². The Bertz CT molecular complexity index is 666. The summed E-state index contributed by atoms with van der Waals surface area (Å²) >= 11 is 0. The number of hydrogen-bond acceptors (Lipinski definition) is 5. The van der Waals surface area contributed by atoms with Crippen molar-refractivity contribution in [2.75, 3.05) is 37.6 Å². The number of rotatable bonds is 6. The molecule has 0 aliphatic carbocycles. The van der Waals surface area contributed by atoms with Crippen LogP contribution in [0.15, 0.2) is 42.7 Å². The third kappa shape index (κ3) is 4.76. The fourth-order valence-corrected chi connectivity index (χ4v) is 2.91. The standard InChI is InChI=1S/C19H25N5O/c1-2-8-20-19(25)17-13-22-18(14-21-17)24-11-9-23(10-12-24)15-16-6-4-3-5-7-16/h3-7,13-14H,2,8-12,15H2,1H3,(H,20,25). The molecular weight excluding hydrogens is 314 g/mol. The van der Waals surface area contributed by atoms with E-state index in [1.165, 1.54) is 5.56 Å². The van der Waals surface area contributed by atoms with Crippen molar-refractivity contribution in [2.24, 2.45) is 0 Å². The minimum atomic E-state index is -0.159. The zero-order valence-corrected chi connectivity index (χ0v) is 14.7. The second-order valence-corrected chi connectivity index (χ2v) is 6.26. The highest BCUT2D eigenvalue weighted by atomic mass is 16.1. The van der Waals surface area contributed by atoms with Crippen LogP contribution in [0.25, 0.3) is 0 Å². The first kappa shape index (κ1) is 17.4. The van der Waals surface area contributed by atoms with Crippen LogP contribution in [0.3, 0.4) is 0 Å². The fraction of sp³-hybridized carbons (Fsp3) is 0.421. The van der Waals surface area contributed by atoms with Crippen LogP contribution in [-0.2, 0) is 6.54 Å². The van der Waals surface area contributed by atoms with E-state index in [1.807, 2.05) is 13.0 Å². The number of nitrogens with zero attached hydrogens (tertiary/aromatic N) is 4. The maximum absolute atomic E-state index is 11.9. The maximum atomic E-state index is 11.9. The van der Waals surface area contributed by atoms with Gasteiger partial charge in [-0.25, -0.2) is 9.97 Å². The summed E-state index contributed by atoms with van der Waals surface area (Å²) in [5.41, 5.74) is 1.72. The molecule has 0 bridgehead atoms. The molecule has 1 saturated heterocycles. The number of anilines is 1. The lowest BCUT2D eigenvalue weighted by molar-refractivity contribution is 0.0948. The molecule has 2 aromatic rings. The molecule has 132 valence electrons. The highest BCUT2D eigenvalue weighted by molar-refractivity contribution is 5.91. The van der Waals surface area contributed by atoms with Crippen LogP contribution >= 0.6 is 0 Å². The normalized spacial score (nSPS) is 15.2. The maximum Gasteiger partial charge on any atom is 0.271 e. The number of hydrogen-bond donors (Lipinski definition) is 1. The molecule has 1 N–H and O–H groups in total. The summed E-state index contributed by atoms with van der Waals surface area (Å²) in [6, 6.07) is 10.5. The molecular formula is C19H25N5O. The summed E-state index contributed by atoms with van der Waals surface area (Å²) in [6.07, 6.45) is 4.18. The van der Waals surface area contributed by atoms with E-state index < -0.39 is 0 Å². The molecule has 0 atom stereocenters. The largest absolute Gasteiger partial charge is 0.353 e. The monoisotopic (exact) mass is 339 g/mol. The van der Waals surface area contributed by atoms with Crippen molar-refractivity contribution in [3.8, 4) is 0 Å². The third-order valence-electron chi connectivity index (χ3n) is 4.35. The van der Waals surface area contributed by atoms with E-state index in [2.05, 4.69) is 49.4 Å². The zero-order valence-electron chi connectivity index (χ0n) is 14.7. The molecule has 0 saturated carbocycles. The van der Waals surface area contributed by atoms with Crippen molar-refractivity contribution in [1.82, 2.24) is 20.2 Å². The van der Waals surface area contributed by atoms with Gasteiger partial charge >= 0.3 is 0 Å². The van der Waals surface area contributed by atoms with Gasteiger partial charge < -0.3 is 10.2 Å². The molecule has 1 aromatic heterocycles. The predicted octanol–water partition coefficient (Wildman–Crippen LogP) is 1.94. The van der Waals surface area contributed by atoms with E-state index in [4.69, 9.17) is 0 Å². The van der Waals surface area contributed by atoms with Crippen LogP contribution in [-0.4, -0.2) is 53.5 Å². The van der Waals surface area contributed by atoms with Crippen LogP contribution in [0.4, 0.5) is 5.82 Å². The summed E-state index contributed by atoms with van der Waals surface area (Å²) in [7, 11) is 0. The Kier molecular flexibility index (Phi) is 5.95. The topological polar surface area (TPSA) is 61.4 Å². The summed E-state index contributed by atoms with van der Waals surface area (Å²) in [4.78, 5) is 25.2. The van der Waals surface area contributed by atoms with Crippen molar-refractivity contribution in [1.29, 1.82) is 0 Å². The third-order valence-corrected chi connectivity index (χ3v) is 4.35. The molecule has 1 aliphatic rings. The number of piperazine rings is 1. The Balaban J connectivity index is 1.51. The van der Waals surface area contributed by atoms with Crippen LogP contribution in [0.2, 0.25) is 0 Å². The molecule has 0 unspecified atom stereocenters. The number of carbonyl (C=O) groups excluding carboxylic acids is 1. The predicted molar refractivity (Wildman–Crippen MR) is 98.6 cm³/mol. The molecule has 25 heavy (non-hydrogen) atoms. The molecule has 6 heteroatoms. The van der Waals surface area contributed by atoms with Gasteiger partial charge in [-0.2, -0.15) is 0 Å². The lowest BCUT2D eigenvalue weighted by Gasteiger charge is -2.35. The van der Waals surface area contributed by atoms with E-state index in [9.17, 15) is 4.79 Å². The number of carbonyl (C=O) groups is 1. The summed E-state index contributed by atoms with van der Waals surface area (Å²) in [6.45, 7) is 7.49. The number of benzene rings is 1. The minimum Gasteiger partial charge on any atom is -0.353 e. The van der Waals surface area contributed by atoms with E-state index in [-0.39, 0.29) is 5.91 Å². The van der Waals surface area contributed by atoms with Crippen LogP contribution < -0.4 is 10.2 Å². The van der Waals surface area contributed by atoms with Crippen molar-refractivity contribution in [3.05, 3.63) is 54.0 Å².